The molecule has 0 heterocycles. The summed E-state index contributed by atoms with van der Waals surface area (Å²) in [6.45, 7) is 15.8. The first-order valence-electron chi connectivity index (χ1n) is 17.5. The molecule has 0 aliphatic heterocycles. The Bertz CT molecular complexity index is 860. The van der Waals surface area contributed by atoms with Gasteiger partial charge < -0.3 is 16.0 Å². The molecule has 1 atom stereocenters. The molecule has 0 aromatic rings. The van der Waals surface area contributed by atoms with E-state index in [1.54, 1.807) is 0 Å². The lowest BCUT2D eigenvalue weighted by Gasteiger charge is -2.25. The molecular formula is C36H67N3O5. The number of amides is 3. The number of hydrogen-bond donors (Lipinski definition) is 3. The zero-order chi connectivity index (χ0) is 33.6. The number of nitrogens with one attached hydrogen (secondary N) is 3. The number of ketones is 2. The quantitative estimate of drug-likeness (QED) is 0.0871. The minimum atomic E-state index is -0.393. The minimum Gasteiger partial charge on any atom is -0.354 e. The van der Waals surface area contributed by atoms with E-state index in [4.69, 9.17) is 0 Å². The van der Waals surface area contributed by atoms with Gasteiger partial charge in [0.1, 0.15) is 11.6 Å². The normalized spacial score (nSPS) is 12.6. The van der Waals surface area contributed by atoms with Crippen LogP contribution >= 0.6 is 0 Å². The maximum Gasteiger partial charge on any atom is 0.239 e. The fourth-order valence-electron chi connectivity index (χ4n) is 5.05. The molecule has 0 radical (unpaired) electrons. The van der Waals surface area contributed by atoms with Crippen LogP contribution in [0.4, 0.5) is 0 Å². The van der Waals surface area contributed by atoms with E-state index in [-0.39, 0.29) is 47.5 Å². The highest BCUT2D eigenvalue weighted by atomic mass is 16.2. The van der Waals surface area contributed by atoms with Gasteiger partial charge in [0, 0.05) is 48.6 Å². The van der Waals surface area contributed by atoms with Crippen molar-refractivity contribution >= 4 is 29.3 Å². The highest BCUT2D eigenvalue weighted by Crippen LogP contribution is 2.27. The van der Waals surface area contributed by atoms with Crippen molar-refractivity contribution < 1.29 is 24.0 Å². The van der Waals surface area contributed by atoms with Gasteiger partial charge in [0.25, 0.3) is 0 Å². The number of carbonyl (C=O) groups is 5. The molecule has 0 aliphatic carbocycles. The van der Waals surface area contributed by atoms with Crippen LogP contribution in [0.5, 0.6) is 0 Å². The number of unbranched alkanes of at least 4 members (excludes halogenated alkanes) is 10. The summed E-state index contributed by atoms with van der Waals surface area (Å²) >= 11 is 0. The fourth-order valence-corrected chi connectivity index (χ4v) is 5.05. The van der Waals surface area contributed by atoms with Gasteiger partial charge in [-0.15, -0.1) is 0 Å². The lowest BCUT2D eigenvalue weighted by atomic mass is 9.80. The van der Waals surface area contributed by atoms with Crippen LogP contribution in [0.25, 0.3) is 0 Å². The average molecular weight is 622 g/mol. The predicted molar refractivity (Wildman–Crippen MR) is 180 cm³/mol. The Balaban J connectivity index is 3.86. The Kier molecular flexibility index (Phi) is 22.0. The van der Waals surface area contributed by atoms with Gasteiger partial charge in [-0.25, -0.2) is 0 Å². The van der Waals surface area contributed by atoms with Crippen molar-refractivity contribution in [2.75, 3.05) is 6.54 Å². The fraction of sp³-hybridized carbons (Fsp3) is 0.861. The standard InChI is InChI=1S/C36H67N3O5/c1-28(2)38-34(44)27-37-32(42)23-19-15-11-10-14-18-22-31(41)36(7,8)26-25-29(3)39-33(43)24-20-16-12-9-13-17-21-30(40)35(4,5)6/h28-29H,9-27H2,1-8H3,(H,37,42)(H,38,44)(H,39,43). The molecule has 3 amide bonds. The van der Waals surface area contributed by atoms with Crippen LogP contribution in [0.1, 0.15) is 171 Å². The second-order valence-corrected chi connectivity index (χ2v) is 14.7. The van der Waals surface area contributed by atoms with Gasteiger partial charge in [0.2, 0.25) is 17.7 Å². The average Bonchev–Trinajstić information content (AvgIpc) is 2.92. The lowest BCUT2D eigenvalue weighted by Crippen LogP contribution is -2.39. The predicted octanol–water partition coefficient (Wildman–Crippen LogP) is 7.36. The van der Waals surface area contributed by atoms with E-state index in [1.165, 1.54) is 0 Å². The zero-order valence-corrected chi connectivity index (χ0v) is 29.6. The van der Waals surface area contributed by atoms with Crippen molar-refractivity contribution in [1.29, 1.82) is 0 Å². The van der Waals surface area contributed by atoms with Crippen LogP contribution in [0, 0.1) is 10.8 Å². The monoisotopic (exact) mass is 622 g/mol. The molecule has 8 nitrogen and oxygen atoms in total. The van der Waals surface area contributed by atoms with Crippen molar-refractivity contribution in [3.63, 3.8) is 0 Å². The number of hydrogen-bond acceptors (Lipinski definition) is 5. The summed E-state index contributed by atoms with van der Waals surface area (Å²) in [6, 6.07) is 0.115. The van der Waals surface area contributed by atoms with E-state index in [9.17, 15) is 24.0 Å². The molecule has 0 spiro atoms. The number of rotatable bonds is 26. The second kappa shape index (κ2) is 23.1. The Hall–Kier alpha value is -2.25. The molecule has 0 aromatic heterocycles. The van der Waals surface area contributed by atoms with Crippen LogP contribution in [0.3, 0.4) is 0 Å². The summed E-state index contributed by atoms with van der Waals surface area (Å²) < 4.78 is 0. The summed E-state index contributed by atoms with van der Waals surface area (Å²) in [5.74, 6) is 0.459. The summed E-state index contributed by atoms with van der Waals surface area (Å²) in [4.78, 5) is 60.6. The topological polar surface area (TPSA) is 121 Å². The molecular weight excluding hydrogens is 554 g/mol. The number of Topliss-reactive ketones (excluding diaryl/α,β-unsaturated/α-hetero) is 2. The van der Waals surface area contributed by atoms with Crippen molar-refractivity contribution in [3.8, 4) is 0 Å². The van der Waals surface area contributed by atoms with Crippen molar-refractivity contribution in [1.82, 2.24) is 16.0 Å². The Morgan fingerprint density at radius 3 is 1.43 bits per heavy atom. The summed E-state index contributed by atoms with van der Waals surface area (Å²) in [5.41, 5.74) is -0.631. The summed E-state index contributed by atoms with van der Waals surface area (Å²) in [7, 11) is 0. The van der Waals surface area contributed by atoms with Crippen LogP contribution in [-0.2, 0) is 24.0 Å². The number of carbonyl (C=O) groups excluding carboxylic acids is 5. The molecule has 8 heteroatoms. The van der Waals surface area contributed by atoms with Crippen LogP contribution in [0.2, 0.25) is 0 Å². The third-order valence-electron chi connectivity index (χ3n) is 8.21. The van der Waals surface area contributed by atoms with Gasteiger partial charge in [-0.1, -0.05) is 86.0 Å². The maximum atomic E-state index is 12.8. The molecule has 256 valence electrons. The minimum absolute atomic E-state index is 0.0279. The van der Waals surface area contributed by atoms with E-state index in [2.05, 4.69) is 16.0 Å². The summed E-state index contributed by atoms with van der Waals surface area (Å²) in [6.07, 6.45) is 15.7. The SMILES string of the molecule is CC(C)NC(=O)CNC(=O)CCCCCCCCC(=O)C(C)(C)CCC(C)NC(=O)CCCCCCCCC(=O)C(C)(C)C. The maximum absolute atomic E-state index is 12.8. The molecule has 3 N–H and O–H groups in total. The van der Waals surface area contributed by atoms with Crippen LogP contribution in [0.15, 0.2) is 0 Å². The molecule has 44 heavy (non-hydrogen) atoms. The molecule has 0 bridgehead atoms. The first kappa shape index (κ1) is 41.8. The summed E-state index contributed by atoms with van der Waals surface area (Å²) in [5, 5.41) is 8.51. The smallest absolute Gasteiger partial charge is 0.239 e. The van der Waals surface area contributed by atoms with Gasteiger partial charge in [-0.2, -0.15) is 0 Å². The van der Waals surface area contributed by atoms with E-state index in [0.29, 0.717) is 31.5 Å². The third-order valence-corrected chi connectivity index (χ3v) is 8.21. The van der Waals surface area contributed by atoms with E-state index < -0.39 is 5.41 Å². The molecule has 0 saturated heterocycles. The van der Waals surface area contributed by atoms with Crippen molar-refractivity contribution in [2.24, 2.45) is 10.8 Å². The van der Waals surface area contributed by atoms with Gasteiger partial charge >= 0.3 is 0 Å². The zero-order valence-electron chi connectivity index (χ0n) is 29.6. The van der Waals surface area contributed by atoms with Gasteiger partial charge in [-0.05, 0) is 59.3 Å². The van der Waals surface area contributed by atoms with Crippen molar-refractivity contribution in [2.45, 2.75) is 183 Å². The van der Waals surface area contributed by atoms with Crippen LogP contribution in [-0.4, -0.2) is 47.9 Å². The Morgan fingerprint density at radius 1 is 0.523 bits per heavy atom. The first-order chi connectivity index (χ1) is 20.5. The van der Waals surface area contributed by atoms with E-state index in [0.717, 1.165) is 89.9 Å². The van der Waals surface area contributed by atoms with Gasteiger partial charge in [0.05, 0.1) is 6.54 Å². The first-order valence-corrected chi connectivity index (χ1v) is 17.5. The van der Waals surface area contributed by atoms with Gasteiger partial charge in [-0.3, -0.25) is 24.0 Å². The molecule has 0 fully saturated rings. The van der Waals surface area contributed by atoms with E-state index >= 15 is 0 Å². The van der Waals surface area contributed by atoms with Gasteiger partial charge in [0.15, 0.2) is 0 Å². The molecule has 0 saturated carbocycles. The third kappa shape index (κ3) is 23.2. The van der Waals surface area contributed by atoms with Crippen LogP contribution < -0.4 is 16.0 Å². The largest absolute Gasteiger partial charge is 0.354 e. The van der Waals surface area contributed by atoms with E-state index in [1.807, 2.05) is 55.4 Å². The molecule has 0 rings (SSSR count). The molecule has 0 aromatic carbocycles. The second-order valence-electron chi connectivity index (χ2n) is 14.7. The highest BCUT2D eigenvalue weighted by molar-refractivity contribution is 5.85. The molecule has 1 unspecified atom stereocenters. The Morgan fingerprint density at radius 2 is 0.955 bits per heavy atom. The highest BCUT2D eigenvalue weighted by Gasteiger charge is 2.27. The lowest BCUT2D eigenvalue weighted by molar-refractivity contribution is -0.128. The van der Waals surface area contributed by atoms with Crippen molar-refractivity contribution in [3.05, 3.63) is 0 Å². The Labute approximate surface area is 269 Å². The molecule has 0 aliphatic rings.